The Morgan fingerprint density at radius 2 is 0.909 bits per heavy atom. The third-order valence-corrected chi connectivity index (χ3v) is 3.46. The summed E-state index contributed by atoms with van der Waals surface area (Å²) in [4.78, 5) is 19.9. The first-order chi connectivity index (χ1) is 10.5. The summed E-state index contributed by atoms with van der Waals surface area (Å²) in [5.74, 6) is -1.37. The molecule has 0 radical (unpaired) electrons. The zero-order valence-corrected chi connectivity index (χ0v) is 14.6. The van der Waals surface area contributed by atoms with E-state index in [4.69, 9.17) is 10.2 Å². The maximum atomic E-state index is 10.3. The van der Waals surface area contributed by atoms with Crippen LogP contribution in [0.4, 0.5) is 0 Å². The molecule has 0 unspecified atom stereocenters. The van der Waals surface area contributed by atoms with Crippen LogP contribution in [0.3, 0.4) is 0 Å². The molecule has 0 aliphatic heterocycles. The van der Waals surface area contributed by atoms with Gasteiger partial charge >= 0.3 is 11.9 Å². The fraction of sp³-hybridized carbons (Fsp3) is 0.889. The van der Waals surface area contributed by atoms with Crippen LogP contribution in [0.5, 0.6) is 0 Å². The predicted molar refractivity (Wildman–Crippen MR) is 91.3 cm³/mol. The zero-order valence-electron chi connectivity index (χ0n) is 14.6. The summed E-state index contributed by atoms with van der Waals surface area (Å²) < 4.78 is 0. The van der Waals surface area contributed by atoms with Gasteiger partial charge in [0.1, 0.15) is 0 Å². The molecule has 0 atom stereocenters. The van der Waals surface area contributed by atoms with E-state index in [2.05, 4.69) is 6.92 Å². The van der Waals surface area contributed by atoms with Gasteiger partial charge in [0.2, 0.25) is 0 Å². The molecule has 0 saturated carbocycles. The highest BCUT2D eigenvalue weighted by Gasteiger charge is 1.96. The topological polar surface area (TPSA) is 74.6 Å². The molecule has 0 rings (SSSR count). The highest BCUT2D eigenvalue weighted by Crippen LogP contribution is 2.11. The summed E-state index contributed by atoms with van der Waals surface area (Å²) in [7, 11) is 0. The fourth-order valence-electron chi connectivity index (χ4n) is 2.15. The Bertz CT molecular complexity index is 251. The normalized spacial score (nSPS) is 9.91. The Kier molecular flexibility index (Phi) is 21.0. The van der Waals surface area contributed by atoms with Crippen molar-refractivity contribution in [2.24, 2.45) is 0 Å². The van der Waals surface area contributed by atoms with Crippen LogP contribution in [-0.4, -0.2) is 22.2 Å². The lowest BCUT2D eigenvalue weighted by molar-refractivity contribution is -0.138. The number of hydrogen-bond donors (Lipinski definition) is 2. The van der Waals surface area contributed by atoms with Crippen LogP contribution in [0.2, 0.25) is 0 Å². The van der Waals surface area contributed by atoms with E-state index in [0.717, 1.165) is 19.3 Å². The largest absolute Gasteiger partial charge is 0.481 e. The van der Waals surface area contributed by atoms with Gasteiger partial charge in [0, 0.05) is 12.8 Å². The Morgan fingerprint density at radius 3 is 1.18 bits per heavy atom. The van der Waals surface area contributed by atoms with Gasteiger partial charge in [-0.25, -0.2) is 0 Å². The standard InChI is InChI=1S/C14H28O2.C4H8O2/c1-2-3-4-5-6-7-8-9-10-11-12-13-14(15)16;1-2-3-4(5)6/h2-13H2,1H3,(H,15,16);2-3H2,1H3,(H,5,6). The van der Waals surface area contributed by atoms with Gasteiger partial charge in [-0.1, -0.05) is 78.1 Å². The molecule has 0 spiro atoms. The van der Waals surface area contributed by atoms with Crippen LogP contribution in [0.1, 0.15) is 104 Å². The van der Waals surface area contributed by atoms with Gasteiger partial charge in [0.25, 0.3) is 0 Å². The summed E-state index contributed by atoms with van der Waals surface area (Å²) in [6.45, 7) is 4.09. The predicted octanol–water partition coefficient (Wildman–Crippen LogP) is 5.64. The van der Waals surface area contributed by atoms with E-state index < -0.39 is 11.9 Å². The van der Waals surface area contributed by atoms with Gasteiger partial charge in [-0.3, -0.25) is 9.59 Å². The smallest absolute Gasteiger partial charge is 0.303 e. The maximum Gasteiger partial charge on any atom is 0.303 e. The molecule has 0 aliphatic rings. The van der Waals surface area contributed by atoms with Crippen LogP contribution in [-0.2, 0) is 9.59 Å². The fourth-order valence-corrected chi connectivity index (χ4v) is 2.15. The third-order valence-electron chi connectivity index (χ3n) is 3.46. The SMILES string of the molecule is CCCC(=O)O.CCCCCCCCCCCCCC(=O)O. The summed E-state index contributed by atoms with van der Waals surface area (Å²) in [5.41, 5.74) is 0. The first-order valence-electron chi connectivity index (χ1n) is 8.98. The van der Waals surface area contributed by atoms with Gasteiger partial charge in [-0.05, 0) is 12.8 Å². The quantitative estimate of drug-likeness (QED) is 0.406. The summed E-state index contributed by atoms with van der Waals surface area (Å²) >= 11 is 0. The molecule has 0 bridgehead atoms. The molecule has 0 aromatic rings. The first-order valence-corrected chi connectivity index (χ1v) is 8.98. The van der Waals surface area contributed by atoms with Crippen molar-refractivity contribution in [3.63, 3.8) is 0 Å². The van der Waals surface area contributed by atoms with E-state index in [1.54, 1.807) is 0 Å². The monoisotopic (exact) mass is 316 g/mol. The number of carbonyl (C=O) groups is 2. The Balaban J connectivity index is 0. The molecule has 0 saturated heterocycles. The second kappa shape index (κ2) is 19.9. The number of hydrogen-bond acceptors (Lipinski definition) is 2. The van der Waals surface area contributed by atoms with E-state index >= 15 is 0 Å². The number of unbranched alkanes of at least 4 members (excludes halogenated alkanes) is 10. The average molecular weight is 316 g/mol. The molecule has 0 heterocycles. The molecule has 132 valence electrons. The highest BCUT2D eigenvalue weighted by molar-refractivity contribution is 5.66. The summed E-state index contributed by atoms with van der Waals surface area (Å²) in [6, 6.07) is 0. The van der Waals surface area contributed by atoms with E-state index in [-0.39, 0.29) is 0 Å². The van der Waals surface area contributed by atoms with Crippen LogP contribution >= 0.6 is 0 Å². The average Bonchev–Trinajstić information content (AvgIpc) is 2.45. The summed E-state index contributed by atoms with van der Waals surface area (Å²) in [5, 5.41) is 16.4. The van der Waals surface area contributed by atoms with Crippen molar-refractivity contribution >= 4 is 11.9 Å². The zero-order chi connectivity index (χ0) is 17.1. The molecule has 2 N–H and O–H groups in total. The van der Waals surface area contributed by atoms with Gasteiger partial charge in [-0.15, -0.1) is 0 Å². The minimum absolute atomic E-state index is 0.292. The molecule has 0 fully saturated rings. The van der Waals surface area contributed by atoms with E-state index in [1.807, 2.05) is 6.92 Å². The molecular weight excluding hydrogens is 280 g/mol. The van der Waals surface area contributed by atoms with Gasteiger partial charge < -0.3 is 10.2 Å². The molecule has 0 amide bonds. The van der Waals surface area contributed by atoms with Crippen LogP contribution in [0, 0.1) is 0 Å². The van der Waals surface area contributed by atoms with Crippen molar-refractivity contribution in [3.05, 3.63) is 0 Å². The minimum Gasteiger partial charge on any atom is -0.481 e. The highest BCUT2D eigenvalue weighted by atomic mass is 16.4. The minimum atomic E-state index is -0.711. The second-order valence-electron chi connectivity index (χ2n) is 5.82. The Labute approximate surface area is 136 Å². The van der Waals surface area contributed by atoms with E-state index in [9.17, 15) is 9.59 Å². The molecule has 4 heteroatoms. The van der Waals surface area contributed by atoms with Crippen molar-refractivity contribution < 1.29 is 19.8 Å². The van der Waals surface area contributed by atoms with Crippen molar-refractivity contribution in [1.82, 2.24) is 0 Å². The number of rotatable bonds is 14. The number of carboxylic acids is 2. The molecule has 4 nitrogen and oxygen atoms in total. The number of carboxylic acid groups (broad SMARTS) is 2. The molecule has 22 heavy (non-hydrogen) atoms. The molecular formula is C18H36O4. The van der Waals surface area contributed by atoms with Crippen molar-refractivity contribution in [3.8, 4) is 0 Å². The van der Waals surface area contributed by atoms with Crippen molar-refractivity contribution in [2.75, 3.05) is 0 Å². The van der Waals surface area contributed by atoms with Gasteiger partial charge in [0.15, 0.2) is 0 Å². The van der Waals surface area contributed by atoms with E-state index in [1.165, 1.54) is 57.8 Å². The van der Waals surface area contributed by atoms with Crippen LogP contribution in [0.25, 0.3) is 0 Å². The lowest BCUT2D eigenvalue weighted by Gasteiger charge is -2.01. The van der Waals surface area contributed by atoms with Gasteiger partial charge in [-0.2, -0.15) is 0 Å². The van der Waals surface area contributed by atoms with Crippen molar-refractivity contribution in [2.45, 2.75) is 104 Å². The van der Waals surface area contributed by atoms with Gasteiger partial charge in [0.05, 0.1) is 0 Å². The molecule has 0 aliphatic carbocycles. The van der Waals surface area contributed by atoms with Crippen LogP contribution in [0.15, 0.2) is 0 Å². The molecule has 0 aromatic heterocycles. The van der Waals surface area contributed by atoms with Crippen molar-refractivity contribution in [1.29, 1.82) is 0 Å². The van der Waals surface area contributed by atoms with Crippen LogP contribution < -0.4 is 0 Å². The lowest BCUT2D eigenvalue weighted by atomic mass is 10.1. The molecule has 0 aromatic carbocycles. The van der Waals surface area contributed by atoms with E-state index in [0.29, 0.717) is 12.8 Å². The second-order valence-corrected chi connectivity index (χ2v) is 5.82. The maximum absolute atomic E-state index is 10.3. The number of aliphatic carboxylic acids is 2. The summed E-state index contributed by atoms with van der Waals surface area (Å²) in [6.07, 6.45) is 15.4. The Hall–Kier alpha value is -1.06. The Morgan fingerprint density at radius 1 is 0.545 bits per heavy atom. The lowest BCUT2D eigenvalue weighted by Crippen LogP contribution is -1.93. The third kappa shape index (κ3) is 27.3. The first kappa shape index (κ1) is 23.2.